The lowest BCUT2D eigenvalue weighted by Gasteiger charge is -2.16. The van der Waals surface area contributed by atoms with Crippen molar-refractivity contribution in [3.8, 4) is 0 Å². The van der Waals surface area contributed by atoms with E-state index in [9.17, 15) is 4.79 Å². The number of nitrogens with zero attached hydrogens (tertiary/aromatic N) is 1. The molecule has 0 saturated carbocycles. The summed E-state index contributed by atoms with van der Waals surface area (Å²) in [7, 11) is 0. The summed E-state index contributed by atoms with van der Waals surface area (Å²) in [5.74, 6) is 0.571. The van der Waals surface area contributed by atoms with E-state index in [1.807, 2.05) is 6.92 Å². The fourth-order valence-corrected chi connectivity index (χ4v) is 1.62. The Bertz CT molecular complexity index is 410. The molecule has 0 amide bonds. The van der Waals surface area contributed by atoms with E-state index >= 15 is 0 Å². The van der Waals surface area contributed by atoms with Crippen molar-refractivity contribution in [3.05, 3.63) is 29.9 Å². The summed E-state index contributed by atoms with van der Waals surface area (Å²) in [6.45, 7) is 9.40. The second-order valence-electron chi connectivity index (χ2n) is 4.46. The summed E-state index contributed by atoms with van der Waals surface area (Å²) in [4.78, 5) is 19.1. The van der Waals surface area contributed by atoms with E-state index in [2.05, 4.69) is 23.5 Å². The molecular weight excluding hydrogens is 228 g/mol. The van der Waals surface area contributed by atoms with Gasteiger partial charge >= 0.3 is 5.97 Å². The predicted octanol–water partition coefficient (Wildman–Crippen LogP) is 3.32. The molecule has 0 aliphatic carbocycles. The molecule has 0 aliphatic rings. The van der Waals surface area contributed by atoms with Gasteiger partial charge in [-0.1, -0.05) is 26.8 Å². The second-order valence-corrected chi connectivity index (χ2v) is 4.46. The SMILES string of the molecule is C=C(C)C(=O)OC(CCCC)c1cnc(CC)[nH]1. The van der Waals surface area contributed by atoms with Crippen LogP contribution in [0.4, 0.5) is 0 Å². The van der Waals surface area contributed by atoms with Crippen molar-refractivity contribution in [3.63, 3.8) is 0 Å². The average molecular weight is 250 g/mol. The Balaban J connectivity index is 2.76. The van der Waals surface area contributed by atoms with Crippen molar-refractivity contribution in [2.45, 2.75) is 52.6 Å². The van der Waals surface area contributed by atoms with Gasteiger partial charge in [0.25, 0.3) is 0 Å². The minimum absolute atomic E-state index is 0.248. The maximum Gasteiger partial charge on any atom is 0.333 e. The van der Waals surface area contributed by atoms with Crippen LogP contribution in [0.5, 0.6) is 0 Å². The maximum absolute atomic E-state index is 11.6. The number of ether oxygens (including phenoxy) is 1. The van der Waals surface area contributed by atoms with Gasteiger partial charge in [-0.3, -0.25) is 0 Å². The zero-order valence-corrected chi connectivity index (χ0v) is 11.5. The lowest BCUT2D eigenvalue weighted by Crippen LogP contribution is -2.12. The smallest absolute Gasteiger partial charge is 0.333 e. The molecule has 4 nitrogen and oxygen atoms in total. The first kappa shape index (κ1) is 14.5. The molecule has 0 fully saturated rings. The highest BCUT2D eigenvalue weighted by atomic mass is 16.5. The molecule has 1 N–H and O–H groups in total. The van der Waals surface area contributed by atoms with Crippen molar-refractivity contribution >= 4 is 5.97 Å². The number of hydrogen-bond acceptors (Lipinski definition) is 3. The molecule has 1 rings (SSSR count). The van der Waals surface area contributed by atoms with Gasteiger partial charge in [0.05, 0.1) is 11.9 Å². The highest BCUT2D eigenvalue weighted by Crippen LogP contribution is 2.23. The number of imidazole rings is 1. The predicted molar refractivity (Wildman–Crippen MR) is 71.1 cm³/mol. The van der Waals surface area contributed by atoms with E-state index in [-0.39, 0.29) is 12.1 Å². The number of hydrogen-bond donors (Lipinski definition) is 1. The molecule has 0 aliphatic heterocycles. The van der Waals surface area contributed by atoms with Gasteiger partial charge < -0.3 is 9.72 Å². The van der Waals surface area contributed by atoms with Gasteiger partial charge in [-0.15, -0.1) is 0 Å². The number of rotatable bonds is 7. The lowest BCUT2D eigenvalue weighted by molar-refractivity contribution is -0.145. The van der Waals surface area contributed by atoms with Gasteiger partial charge in [-0.05, 0) is 19.8 Å². The minimum Gasteiger partial charge on any atom is -0.453 e. The molecule has 0 bridgehead atoms. The molecule has 1 atom stereocenters. The van der Waals surface area contributed by atoms with Crippen molar-refractivity contribution in [2.75, 3.05) is 0 Å². The van der Waals surface area contributed by atoms with E-state index in [1.54, 1.807) is 13.1 Å². The molecule has 18 heavy (non-hydrogen) atoms. The highest BCUT2D eigenvalue weighted by molar-refractivity contribution is 5.87. The first-order valence-electron chi connectivity index (χ1n) is 6.48. The molecule has 0 aromatic carbocycles. The monoisotopic (exact) mass is 250 g/mol. The number of unbranched alkanes of at least 4 members (excludes halogenated alkanes) is 1. The molecule has 1 heterocycles. The lowest BCUT2D eigenvalue weighted by atomic mass is 10.1. The number of nitrogens with one attached hydrogen (secondary N) is 1. The van der Waals surface area contributed by atoms with Crippen LogP contribution in [0, 0.1) is 0 Å². The number of aromatic amines is 1. The van der Waals surface area contributed by atoms with E-state index in [4.69, 9.17) is 4.74 Å². The van der Waals surface area contributed by atoms with E-state index < -0.39 is 0 Å². The Kier molecular flexibility index (Phi) is 5.62. The third kappa shape index (κ3) is 4.02. The minimum atomic E-state index is -0.344. The highest BCUT2D eigenvalue weighted by Gasteiger charge is 2.18. The molecule has 0 spiro atoms. The Hall–Kier alpha value is -1.58. The standard InChI is InChI=1S/C14H22N2O2/c1-5-7-8-12(18-14(17)10(3)4)11-9-15-13(6-2)16-11/h9,12H,3,5-8H2,1-2,4H3,(H,15,16). The zero-order valence-electron chi connectivity index (χ0n) is 11.5. The largest absolute Gasteiger partial charge is 0.453 e. The summed E-state index contributed by atoms with van der Waals surface area (Å²) in [6, 6.07) is 0. The fraction of sp³-hybridized carbons (Fsp3) is 0.571. The topological polar surface area (TPSA) is 55.0 Å². The number of carbonyl (C=O) groups is 1. The molecule has 1 unspecified atom stereocenters. The molecular formula is C14H22N2O2. The fourth-order valence-electron chi connectivity index (χ4n) is 1.62. The van der Waals surface area contributed by atoms with Gasteiger partial charge in [-0.25, -0.2) is 9.78 Å². The van der Waals surface area contributed by atoms with Crippen molar-refractivity contribution in [1.29, 1.82) is 0 Å². The van der Waals surface area contributed by atoms with Crippen LogP contribution in [0.1, 0.15) is 57.7 Å². The van der Waals surface area contributed by atoms with Gasteiger partial charge in [-0.2, -0.15) is 0 Å². The summed E-state index contributed by atoms with van der Waals surface area (Å²) < 4.78 is 5.45. The normalized spacial score (nSPS) is 12.2. The summed E-state index contributed by atoms with van der Waals surface area (Å²) in [5.41, 5.74) is 1.29. The Morgan fingerprint density at radius 3 is 2.78 bits per heavy atom. The van der Waals surface area contributed by atoms with Gasteiger partial charge in [0.15, 0.2) is 0 Å². The van der Waals surface area contributed by atoms with E-state index in [1.165, 1.54) is 0 Å². The number of aromatic nitrogens is 2. The van der Waals surface area contributed by atoms with Crippen LogP contribution in [-0.4, -0.2) is 15.9 Å². The molecule has 0 radical (unpaired) electrons. The van der Waals surface area contributed by atoms with Crippen molar-refractivity contribution < 1.29 is 9.53 Å². The van der Waals surface area contributed by atoms with Crippen LogP contribution >= 0.6 is 0 Å². The van der Waals surface area contributed by atoms with Crippen LogP contribution < -0.4 is 0 Å². The molecule has 1 aromatic rings. The molecule has 1 aromatic heterocycles. The first-order valence-corrected chi connectivity index (χ1v) is 6.48. The summed E-state index contributed by atoms with van der Waals surface area (Å²) >= 11 is 0. The summed E-state index contributed by atoms with van der Waals surface area (Å²) in [5, 5.41) is 0. The Labute approximate surface area is 108 Å². The Morgan fingerprint density at radius 1 is 1.56 bits per heavy atom. The van der Waals surface area contributed by atoms with E-state index in [0.29, 0.717) is 5.57 Å². The van der Waals surface area contributed by atoms with Crippen LogP contribution in [0.15, 0.2) is 18.3 Å². The third-order valence-corrected chi connectivity index (χ3v) is 2.75. The average Bonchev–Trinajstić information content (AvgIpc) is 2.82. The zero-order chi connectivity index (χ0) is 13.5. The maximum atomic E-state index is 11.6. The van der Waals surface area contributed by atoms with Crippen LogP contribution in [0.3, 0.4) is 0 Å². The van der Waals surface area contributed by atoms with E-state index in [0.717, 1.165) is 37.2 Å². The number of H-pyrrole nitrogens is 1. The van der Waals surface area contributed by atoms with Gasteiger partial charge in [0, 0.05) is 12.0 Å². The quantitative estimate of drug-likeness (QED) is 0.596. The summed E-state index contributed by atoms with van der Waals surface area (Å²) in [6.07, 6.45) is 5.23. The second kappa shape index (κ2) is 6.99. The van der Waals surface area contributed by atoms with Crippen LogP contribution in [-0.2, 0) is 16.0 Å². The first-order chi connectivity index (χ1) is 8.58. The van der Waals surface area contributed by atoms with Crippen LogP contribution in [0.2, 0.25) is 0 Å². The Morgan fingerprint density at radius 2 is 2.28 bits per heavy atom. The van der Waals surface area contributed by atoms with Crippen molar-refractivity contribution in [2.24, 2.45) is 0 Å². The number of esters is 1. The van der Waals surface area contributed by atoms with Crippen LogP contribution in [0.25, 0.3) is 0 Å². The number of carbonyl (C=O) groups excluding carboxylic acids is 1. The molecule has 0 saturated heterocycles. The van der Waals surface area contributed by atoms with Crippen molar-refractivity contribution in [1.82, 2.24) is 9.97 Å². The number of aryl methyl sites for hydroxylation is 1. The van der Waals surface area contributed by atoms with Gasteiger partial charge in [0.2, 0.25) is 0 Å². The molecule has 100 valence electrons. The molecule has 4 heteroatoms. The van der Waals surface area contributed by atoms with Gasteiger partial charge in [0.1, 0.15) is 11.9 Å². The third-order valence-electron chi connectivity index (χ3n) is 2.75.